The van der Waals surface area contributed by atoms with Crippen LogP contribution < -0.4 is 4.90 Å². The van der Waals surface area contributed by atoms with Gasteiger partial charge in [0.25, 0.3) is 0 Å². The molecule has 2 aliphatic rings. The summed E-state index contributed by atoms with van der Waals surface area (Å²) in [5.41, 5.74) is 7.67. The molecule has 0 spiro atoms. The molecule has 2 aliphatic carbocycles. The lowest BCUT2D eigenvalue weighted by Crippen LogP contribution is -2.30. The first kappa shape index (κ1) is 19.6. The third kappa shape index (κ3) is 3.44. The van der Waals surface area contributed by atoms with E-state index in [4.69, 9.17) is 4.84 Å². The predicted molar refractivity (Wildman–Crippen MR) is 126 cm³/mol. The highest BCUT2D eigenvalue weighted by Gasteiger charge is 2.39. The molecule has 1 fully saturated rings. The summed E-state index contributed by atoms with van der Waals surface area (Å²) in [6, 6.07) is 19.6. The SMILES string of the molecule is CO/N=C(/c1n[nH]c2c1C=CC(c1ccccc1)(c1ccc(N(C)C)cc1)C2)C1CC1. The van der Waals surface area contributed by atoms with Crippen LogP contribution in [0.4, 0.5) is 5.69 Å². The second kappa shape index (κ2) is 7.73. The van der Waals surface area contributed by atoms with Gasteiger partial charge in [-0.25, -0.2) is 0 Å². The van der Waals surface area contributed by atoms with Crippen molar-refractivity contribution < 1.29 is 4.84 Å². The Kier molecular flexibility index (Phi) is 4.89. The molecule has 0 radical (unpaired) electrons. The van der Waals surface area contributed by atoms with Crippen LogP contribution in [-0.4, -0.2) is 37.1 Å². The van der Waals surface area contributed by atoms with Gasteiger partial charge >= 0.3 is 0 Å². The number of aromatic amines is 1. The van der Waals surface area contributed by atoms with Crippen molar-refractivity contribution in [1.29, 1.82) is 0 Å². The van der Waals surface area contributed by atoms with Gasteiger partial charge in [-0.15, -0.1) is 0 Å². The fraction of sp³-hybridized carbons (Fsp3) is 0.308. The molecule has 0 bridgehead atoms. The molecule has 1 saturated carbocycles. The minimum Gasteiger partial charge on any atom is -0.399 e. The molecule has 0 amide bonds. The van der Waals surface area contributed by atoms with Gasteiger partial charge in [0.2, 0.25) is 0 Å². The molecule has 0 aliphatic heterocycles. The number of benzene rings is 2. The summed E-state index contributed by atoms with van der Waals surface area (Å²) < 4.78 is 0. The predicted octanol–water partition coefficient (Wildman–Crippen LogP) is 4.79. The number of aromatic nitrogens is 2. The Labute approximate surface area is 183 Å². The van der Waals surface area contributed by atoms with Gasteiger partial charge in [0, 0.05) is 48.8 Å². The van der Waals surface area contributed by atoms with Crippen LogP contribution >= 0.6 is 0 Å². The second-order valence-electron chi connectivity index (χ2n) is 8.69. The van der Waals surface area contributed by atoms with Crippen LogP contribution in [0.5, 0.6) is 0 Å². The van der Waals surface area contributed by atoms with Crippen molar-refractivity contribution >= 4 is 17.5 Å². The zero-order valence-electron chi connectivity index (χ0n) is 18.3. The van der Waals surface area contributed by atoms with Gasteiger partial charge in [-0.3, -0.25) is 5.10 Å². The van der Waals surface area contributed by atoms with Crippen LogP contribution in [0.25, 0.3) is 6.08 Å². The average Bonchev–Trinajstić information content (AvgIpc) is 3.57. The lowest BCUT2D eigenvalue weighted by Gasteiger charge is -2.34. The largest absolute Gasteiger partial charge is 0.399 e. The Hall–Kier alpha value is -3.34. The zero-order valence-corrected chi connectivity index (χ0v) is 18.3. The summed E-state index contributed by atoms with van der Waals surface area (Å²) in [6.07, 6.45) is 7.69. The Morgan fingerprint density at radius 1 is 1.06 bits per heavy atom. The van der Waals surface area contributed by atoms with Gasteiger partial charge in [0.1, 0.15) is 18.5 Å². The highest BCUT2D eigenvalue weighted by atomic mass is 16.6. The maximum Gasteiger partial charge on any atom is 0.117 e. The van der Waals surface area contributed by atoms with Gasteiger partial charge in [-0.1, -0.05) is 59.8 Å². The molecule has 5 nitrogen and oxygen atoms in total. The molecular weight excluding hydrogens is 384 g/mol. The monoisotopic (exact) mass is 412 g/mol. The Morgan fingerprint density at radius 3 is 2.42 bits per heavy atom. The molecule has 5 heteroatoms. The van der Waals surface area contributed by atoms with Crippen molar-refractivity contribution in [2.45, 2.75) is 24.7 Å². The van der Waals surface area contributed by atoms with Gasteiger partial charge in [-0.2, -0.15) is 5.10 Å². The molecule has 1 aromatic heterocycles. The number of nitrogens with zero attached hydrogens (tertiary/aromatic N) is 3. The zero-order chi connectivity index (χ0) is 21.4. The summed E-state index contributed by atoms with van der Waals surface area (Å²) in [7, 11) is 5.74. The van der Waals surface area contributed by atoms with Crippen LogP contribution in [0.3, 0.4) is 0 Å². The number of nitrogens with one attached hydrogen (secondary N) is 1. The summed E-state index contributed by atoms with van der Waals surface area (Å²) in [4.78, 5) is 7.26. The van der Waals surface area contributed by atoms with E-state index in [9.17, 15) is 0 Å². The number of hydrogen-bond acceptors (Lipinski definition) is 4. The van der Waals surface area contributed by atoms with Crippen molar-refractivity contribution in [3.05, 3.63) is 88.8 Å². The molecule has 31 heavy (non-hydrogen) atoms. The van der Waals surface area contributed by atoms with E-state index in [1.54, 1.807) is 7.11 Å². The van der Waals surface area contributed by atoms with Crippen LogP contribution in [0.1, 0.15) is 40.9 Å². The average molecular weight is 413 g/mol. The molecule has 5 rings (SSSR count). The summed E-state index contributed by atoms with van der Waals surface area (Å²) in [5, 5.41) is 12.3. The van der Waals surface area contributed by atoms with E-state index in [1.165, 1.54) is 16.8 Å². The third-order valence-electron chi connectivity index (χ3n) is 6.46. The molecule has 1 N–H and O–H groups in total. The number of anilines is 1. The first-order chi connectivity index (χ1) is 15.1. The van der Waals surface area contributed by atoms with Crippen LogP contribution in [0, 0.1) is 5.92 Å². The normalized spacial score (nSPS) is 20.4. The topological polar surface area (TPSA) is 53.5 Å². The number of H-pyrrole nitrogens is 1. The number of hydrogen-bond donors (Lipinski definition) is 1. The fourth-order valence-electron chi connectivity index (χ4n) is 4.58. The van der Waals surface area contributed by atoms with Gasteiger partial charge in [0.15, 0.2) is 0 Å². The molecule has 1 heterocycles. The molecule has 1 atom stereocenters. The van der Waals surface area contributed by atoms with E-state index in [0.29, 0.717) is 5.92 Å². The standard InChI is InChI=1S/C26H28N4O/c1-30(2)21-13-11-20(12-14-21)26(19-7-5-4-6-8-19)16-15-22-23(17-26)27-28-25(22)24(29-31-3)18-9-10-18/h4-8,11-16,18H,9-10,17H2,1-3H3,(H,27,28)/b29-24+. The third-order valence-corrected chi connectivity index (χ3v) is 6.46. The van der Waals surface area contributed by atoms with Crippen LogP contribution in [0.2, 0.25) is 0 Å². The molecular formula is C26H28N4O. The van der Waals surface area contributed by atoms with E-state index in [2.05, 4.69) is 101 Å². The highest BCUT2D eigenvalue weighted by Crippen LogP contribution is 2.43. The minimum absolute atomic E-state index is 0.249. The smallest absolute Gasteiger partial charge is 0.117 e. The summed E-state index contributed by atoms with van der Waals surface area (Å²) in [6.45, 7) is 0. The second-order valence-corrected chi connectivity index (χ2v) is 8.69. The number of fused-ring (bicyclic) bond motifs is 1. The van der Waals surface area contributed by atoms with Gasteiger partial charge < -0.3 is 9.74 Å². The first-order valence-corrected chi connectivity index (χ1v) is 10.8. The maximum atomic E-state index is 5.14. The molecule has 1 unspecified atom stereocenters. The van der Waals surface area contributed by atoms with Crippen LogP contribution in [-0.2, 0) is 16.7 Å². The molecule has 2 aromatic carbocycles. The van der Waals surface area contributed by atoms with E-state index < -0.39 is 0 Å². The summed E-state index contributed by atoms with van der Waals surface area (Å²) >= 11 is 0. The van der Waals surface area contributed by atoms with Crippen LogP contribution in [0.15, 0.2) is 65.8 Å². The van der Waals surface area contributed by atoms with E-state index >= 15 is 0 Å². The lowest BCUT2D eigenvalue weighted by atomic mass is 9.68. The Morgan fingerprint density at radius 2 is 1.77 bits per heavy atom. The number of allylic oxidation sites excluding steroid dienone is 1. The molecule has 0 saturated heterocycles. The van der Waals surface area contributed by atoms with E-state index in [-0.39, 0.29) is 5.41 Å². The molecule has 3 aromatic rings. The van der Waals surface area contributed by atoms with Crippen molar-refractivity contribution in [3.63, 3.8) is 0 Å². The van der Waals surface area contributed by atoms with E-state index in [1.807, 2.05) is 0 Å². The van der Waals surface area contributed by atoms with Crippen molar-refractivity contribution in [3.8, 4) is 0 Å². The fourth-order valence-corrected chi connectivity index (χ4v) is 4.58. The van der Waals surface area contributed by atoms with Crippen molar-refractivity contribution in [2.24, 2.45) is 11.1 Å². The number of oxime groups is 1. The lowest BCUT2D eigenvalue weighted by molar-refractivity contribution is 0.212. The number of rotatable bonds is 6. The quantitative estimate of drug-likeness (QED) is 0.468. The van der Waals surface area contributed by atoms with Crippen molar-refractivity contribution in [2.75, 3.05) is 26.1 Å². The van der Waals surface area contributed by atoms with E-state index in [0.717, 1.165) is 41.9 Å². The van der Waals surface area contributed by atoms with Gasteiger partial charge in [0.05, 0.1) is 0 Å². The first-order valence-electron chi connectivity index (χ1n) is 10.8. The maximum absolute atomic E-state index is 5.14. The Balaban J connectivity index is 1.60. The van der Waals surface area contributed by atoms with Crippen molar-refractivity contribution in [1.82, 2.24) is 10.2 Å². The summed E-state index contributed by atoms with van der Waals surface area (Å²) in [5.74, 6) is 0.458. The van der Waals surface area contributed by atoms with Gasteiger partial charge in [-0.05, 0) is 36.1 Å². The molecule has 158 valence electrons. The highest BCUT2D eigenvalue weighted by molar-refractivity contribution is 6.04. The minimum atomic E-state index is -0.249. The Bertz CT molecular complexity index is 1120.